The predicted molar refractivity (Wildman–Crippen MR) is 115 cm³/mol. The number of anilines is 2. The molecule has 1 amide bonds. The van der Waals surface area contributed by atoms with Gasteiger partial charge in [0.2, 0.25) is 0 Å². The molecule has 0 aliphatic heterocycles. The molecule has 31 heavy (non-hydrogen) atoms. The third-order valence-corrected chi connectivity index (χ3v) is 5.01. The SMILES string of the molecule is CC(Nc1ccc(NC(=O)c2cnn(C(C)C)c2C(F)(F)F)cc1Cl)c1ccccc1. The molecular formula is C22H22ClF3N4O. The Balaban J connectivity index is 1.78. The quantitative estimate of drug-likeness (QED) is 0.447. The minimum atomic E-state index is -4.72. The number of alkyl halides is 3. The molecule has 0 radical (unpaired) electrons. The molecule has 2 aromatic carbocycles. The van der Waals surface area contributed by atoms with E-state index in [0.717, 1.165) is 16.4 Å². The fraction of sp³-hybridized carbons (Fsp3) is 0.273. The van der Waals surface area contributed by atoms with Gasteiger partial charge >= 0.3 is 6.18 Å². The Morgan fingerprint density at radius 2 is 1.77 bits per heavy atom. The number of hydrogen-bond acceptors (Lipinski definition) is 3. The summed E-state index contributed by atoms with van der Waals surface area (Å²) in [5, 5.41) is 9.81. The fourth-order valence-corrected chi connectivity index (χ4v) is 3.40. The Labute approximate surface area is 183 Å². The van der Waals surface area contributed by atoms with Crippen molar-refractivity contribution in [2.24, 2.45) is 0 Å². The van der Waals surface area contributed by atoms with Gasteiger partial charge in [-0.3, -0.25) is 9.48 Å². The Morgan fingerprint density at radius 1 is 1.10 bits per heavy atom. The largest absolute Gasteiger partial charge is 0.433 e. The number of aromatic nitrogens is 2. The van der Waals surface area contributed by atoms with E-state index in [1.807, 2.05) is 37.3 Å². The number of benzene rings is 2. The average Bonchev–Trinajstić information content (AvgIpc) is 3.17. The molecule has 1 aromatic heterocycles. The molecule has 9 heteroatoms. The highest BCUT2D eigenvalue weighted by molar-refractivity contribution is 6.33. The van der Waals surface area contributed by atoms with Gasteiger partial charge in [0.1, 0.15) is 0 Å². The van der Waals surface area contributed by atoms with E-state index < -0.39 is 29.4 Å². The van der Waals surface area contributed by atoms with E-state index in [-0.39, 0.29) is 11.7 Å². The molecule has 0 saturated heterocycles. The number of carbonyl (C=O) groups excluding carboxylic acids is 1. The van der Waals surface area contributed by atoms with Crippen molar-refractivity contribution in [3.05, 3.63) is 76.6 Å². The van der Waals surface area contributed by atoms with Crippen molar-refractivity contribution in [3.63, 3.8) is 0 Å². The van der Waals surface area contributed by atoms with Crippen LogP contribution in [-0.4, -0.2) is 15.7 Å². The number of carbonyl (C=O) groups is 1. The van der Waals surface area contributed by atoms with Crippen molar-refractivity contribution in [3.8, 4) is 0 Å². The number of halogens is 4. The van der Waals surface area contributed by atoms with Crippen LogP contribution in [0.3, 0.4) is 0 Å². The van der Waals surface area contributed by atoms with Gasteiger partial charge in [0.15, 0.2) is 5.69 Å². The smallest absolute Gasteiger partial charge is 0.377 e. The molecule has 0 saturated carbocycles. The second kappa shape index (κ2) is 9.01. The molecule has 164 valence electrons. The molecular weight excluding hydrogens is 429 g/mol. The monoisotopic (exact) mass is 450 g/mol. The first kappa shape index (κ1) is 22.7. The van der Waals surface area contributed by atoms with Gasteiger partial charge in [-0.25, -0.2) is 0 Å². The van der Waals surface area contributed by atoms with Crippen LogP contribution in [0.5, 0.6) is 0 Å². The van der Waals surface area contributed by atoms with Crippen LogP contribution < -0.4 is 10.6 Å². The van der Waals surface area contributed by atoms with Gasteiger partial charge in [-0.15, -0.1) is 0 Å². The molecule has 1 unspecified atom stereocenters. The Morgan fingerprint density at radius 3 is 2.35 bits per heavy atom. The Kier molecular flexibility index (Phi) is 6.59. The molecule has 0 aliphatic carbocycles. The Hall–Kier alpha value is -3.00. The number of nitrogens with zero attached hydrogens (tertiary/aromatic N) is 2. The van der Waals surface area contributed by atoms with Gasteiger partial charge in [-0.05, 0) is 44.5 Å². The predicted octanol–water partition coefficient (Wildman–Crippen LogP) is 6.56. The first-order valence-electron chi connectivity index (χ1n) is 9.65. The lowest BCUT2D eigenvalue weighted by Gasteiger charge is -2.18. The molecule has 0 fully saturated rings. The van der Waals surface area contributed by atoms with E-state index in [2.05, 4.69) is 15.7 Å². The van der Waals surface area contributed by atoms with Gasteiger partial charge < -0.3 is 10.6 Å². The van der Waals surface area contributed by atoms with E-state index in [1.54, 1.807) is 26.0 Å². The van der Waals surface area contributed by atoms with Gasteiger partial charge in [-0.2, -0.15) is 18.3 Å². The van der Waals surface area contributed by atoms with Crippen molar-refractivity contribution in [2.45, 2.75) is 39.0 Å². The zero-order valence-corrected chi connectivity index (χ0v) is 17.9. The van der Waals surface area contributed by atoms with E-state index in [1.165, 1.54) is 6.07 Å². The van der Waals surface area contributed by atoms with Crippen LogP contribution in [0.15, 0.2) is 54.7 Å². The summed E-state index contributed by atoms with van der Waals surface area (Å²) in [5.74, 6) is -0.909. The zero-order chi connectivity index (χ0) is 22.8. The molecule has 3 rings (SSSR count). The van der Waals surface area contributed by atoms with Crippen LogP contribution in [0.4, 0.5) is 24.5 Å². The molecule has 5 nitrogen and oxygen atoms in total. The van der Waals surface area contributed by atoms with Crippen LogP contribution >= 0.6 is 11.6 Å². The van der Waals surface area contributed by atoms with Crippen molar-refractivity contribution in [1.29, 1.82) is 0 Å². The van der Waals surface area contributed by atoms with Gasteiger partial charge in [-0.1, -0.05) is 41.9 Å². The molecule has 0 bridgehead atoms. The third-order valence-electron chi connectivity index (χ3n) is 4.70. The maximum absolute atomic E-state index is 13.5. The third kappa shape index (κ3) is 5.19. The number of rotatable bonds is 6. The lowest BCUT2D eigenvalue weighted by atomic mass is 10.1. The van der Waals surface area contributed by atoms with Gasteiger partial charge in [0, 0.05) is 17.8 Å². The van der Waals surface area contributed by atoms with Crippen LogP contribution in [0, 0.1) is 0 Å². The topological polar surface area (TPSA) is 58.9 Å². The summed E-state index contributed by atoms with van der Waals surface area (Å²) in [4.78, 5) is 12.6. The second-order valence-corrected chi connectivity index (χ2v) is 7.78. The molecule has 1 heterocycles. The first-order valence-corrected chi connectivity index (χ1v) is 10.0. The minimum absolute atomic E-state index is 0.0182. The number of hydrogen-bond donors (Lipinski definition) is 2. The Bertz CT molecular complexity index is 1060. The second-order valence-electron chi connectivity index (χ2n) is 7.37. The maximum Gasteiger partial charge on any atom is 0.433 e. The van der Waals surface area contributed by atoms with E-state index >= 15 is 0 Å². The molecule has 1 atom stereocenters. The first-order chi connectivity index (χ1) is 14.6. The molecule has 3 aromatic rings. The van der Waals surface area contributed by atoms with Crippen LogP contribution in [0.25, 0.3) is 0 Å². The van der Waals surface area contributed by atoms with Crippen molar-refractivity contribution >= 4 is 28.9 Å². The summed E-state index contributed by atoms with van der Waals surface area (Å²) < 4.78 is 41.3. The van der Waals surface area contributed by atoms with Gasteiger partial charge in [0.05, 0.1) is 22.5 Å². The van der Waals surface area contributed by atoms with E-state index in [4.69, 9.17) is 11.6 Å². The zero-order valence-electron chi connectivity index (χ0n) is 17.2. The van der Waals surface area contributed by atoms with Crippen LogP contribution in [-0.2, 0) is 6.18 Å². The maximum atomic E-state index is 13.5. The highest BCUT2D eigenvalue weighted by atomic mass is 35.5. The standard InChI is InChI=1S/C22H22ClF3N4O/c1-13(2)30-20(22(24,25)26)17(12-27-30)21(31)29-16-9-10-19(18(23)11-16)28-14(3)15-7-5-4-6-8-15/h4-14,28H,1-3H3,(H,29,31). The minimum Gasteiger partial charge on any atom is -0.377 e. The number of nitrogens with one attached hydrogen (secondary N) is 2. The van der Waals surface area contributed by atoms with Crippen molar-refractivity contribution in [2.75, 3.05) is 10.6 Å². The number of amides is 1. The summed E-state index contributed by atoms with van der Waals surface area (Å²) in [6.07, 6.45) is -3.79. The van der Waals surface area contributed by atoms with E-state index in [9.17, 15) is 18.0 Å². The highest BCUT2D eigenvalue weighted by Gasteiger charge is 2.40. The van der Waals surface area contributed by atoms with Crippen molar-refractivity contribution < 1.29 is 18.0 Å². The summed E-state index contributed by atoms with van der Waals surface area (Å²) in [6.45, 7) is 5.10. The van der Waals surface area contributed by atoms with E-state index in [0.29, 0.717) is 10.7 Å². The van der Waals surface area contributed by atoms with Crippen LogP contribution in [0.1, 0.15) is 54.5 Å². The lowest BCUT2D eigenvalue weighted by Crippen LogP contribution is -2.22. The lowest BCUT2D eigenvalue weighted by molar-refractivity contribution is -0.145. The molecule has 2 N–H and O–H groups in total. The summed E-state index contributed by atoms with van der Waals surface area (Å²) in [6, 6.07) is 13.9. The average molecular weight is 451 g/mol. The summed E-state index contributed by atoms with van der Waals surface area (Å²) in [5.41, 5.74) is 0.356. The normalized spacial score (nSPS) is 12.6. The van der Waals surface area contributed by atoms with Crippen LogP contribution in [0.2, 0.25) is 5.02 Å². The molecule has 0 aliphatic rings. The molecule has 0 spiro atoms. The van der Waals surface area contributed by atoms with Crippen molar-refractivity contribution in [1.82, 2.24) is 9.78 Å². The fourth-order valence-electron chi connectivity index (χ4n) is 3.17. The summed E-state index contributed by atoms with van der Waals surface area (Å²) >= 11 is 6.33. The summed E-state index contributed by atoms with van der Waals surface area (Å²) in [7, 11) is 0. The van der Waals surface area contributed by atoms with Gasteiger partial charge in [0.25, 0.3) is 5.91 Å². The highest BCUT2D eigenvalue weighted by Crippen LogP contribution is 2.34.